The van der Waals surface area contributed by atoms with Crippen molar-refractivity contribution in [2.45, 2.75) is 45.8 Å². The number of pyridine rings is 2. The van der Waals surface area contributed by atoms with Gasteiger partial charge in [0.1, 0.15) is 11.3 Å². The Bertz CT molecular complexity index is 818. The van der Waals surface area contributed by atoms with Crippen LogP contribution in [0.4, 0.5) is 0 Å². The van der Waals surface area contributed by atoms with Crippen molar-refractivity contribution in [1.29, 1.82) is 0 Å². The normalized spacial score (nSPS) is 12.2. The smallest absolute Gasteiger partial charge is 0.343 e. The Morgan fingerprint density at radius 1 is 1.25 bits per heavy atom. The molecule has 0 saturated heterocycles. The number of hydrogen-bond acceptors (Lipinski definition) is 4. The summed E-state index contributed by atoms with van der Waals surface area (Å²) in [5.41, 5.74) is 0.251. The second kappa shape index (κ2) is 6.43. The number of fused-ring (bicyclic) bond motifs is 1. The fourth-order valence-corrected chi connectivity index (χ4v) is 3.10. The lowest BCUT2D eigenvalue weighted by molar-refractivity contribution is 0.0523. The number of carbonyl (C=O) groups is 1. The molecule has 0 radical (unpaired) electrons. The van der Waals surface area contributed by atoms with E-state index in [1.54, 1.807) is 19.2 Å². The number of carbonyl (C=O) groups excluding carboxylic acids is 1. The average molecular weight is 347 g/mol. The predicted octanol–water partition coefficient (Wildman–Crippen LogP) is 3.86. The summed E-state index contributed by atoms with van der Waals surface area (Å²) < 4.78 is 12.8. The molecule has 6 heteroatoms. The number of aromatic nitrogens is 1. The molecule has 24 heavy (non-hydrogen) atoms. The molecule has 0 amide bonds. The van der Waals surface area contributed by atoms with Crippen molar-refractivity contribution >= 4 is 19.8 Å². The second-order valence-corrected chi connectivity index (χ2v) is 12.0. The Hall–Kier alpha value is -2.08. The van der Waals surface area contributed by atoms with Crippen LogP contribution >= 0.6 is 0 Å². The van der Waals surface area contributed by atoms with E-state index in [0.717, 1.165) is 0 Å². The minimum atomic E-state index is -2.12. The fraction of sp³-hybridized carbons (Fsp3) is 0.444. The molecule has 0 spiro atoms. The van der Waals surface area contributed by atoms with Crippen LogP contribution in [0, 0.1) is 0 Å². The first-order chi connectivity index (χ1) is 11.1. The Balaban J connectivity index is 2.67. The molecule has 5 nitrogen and oxygen atoms in total. The van der Waals surface area contributed by atoms with E-state index in [4.69, 9.17) is 9.16 Å². The van der Waals surface area contributed by atoms with E-state index < -0.39 is 19.8 Å². The molecule has 0 aliphatic rings. The van der Waals surface area contributed by atoms with Crippen LogP contribution in [0.2, 0.25) is 18.1 Å². The molecule has 0 N–H and O–H groups in total. The van der Waals surface area contributed by atoms with Gasteiger partial charge in [0.2, 0.25) is 0 Å². The SMILES string of the molecule is CCOC(=O)c1cc(O[Si](C)(C)C(C)(C)C)c2ccccn2c1=O. The van der Waals surface area contributed by atoms with Crippen molar-refractivity contribution in [2.75, 3.05) is 6.61 Å². The molecule has 130 valence electrons. The van der Waals surface area contributed by atoms with Crippen LogP contribution < -0.4 is 9.99 Å². The number of hydrogen-bond donors (Lipinski definition) is 0. The fourth-order valence-electron chi connectivity index (χ4n) is 2.08. The van der Waals surface area contributed by atoms with Gasteiger partial charge in [0.25, 0.3) is 13.9 Å². The Morgan fingerprint density at radius 3 is 2.50 bits per heavy atom. The molecule has 2 rings (SSSR count). The molecule has 0 saturated carbocycles. The highest BCUT2D eigenvalue weighted by molar-refractivity contribution is 6.74. The molecular formula is C18H25NO4Si. The summed E-state index contributed by atoms with van der Waals surface area (Å²) in [6.45, 7) is 12.6. The molecule has 2 aromatic rings. The molecule has 0 bridgehead atoms. The van der Waals surface area contributed by atoms with E-state index in [9.17, 15) is 9.59 Å². The first-order valence-corrected chi connectivity index (χ1v) is 11.0. The second-order valence-electron chi connectivity index (χ2n) is 7.27. The van der Waals surface area contributed by atoms with E-state index in [2.05, 4.69) is 33.9 Å². The van der Waals surface area contributed by atoms with Crippen molar-refractivity contribution in [3.63, 3.8) is 0 Å². The van der Waals surface area contributed by atoms with Crippen molar-refractivity contribution in [2.24, 2.45) is 0 Å². The summed E-state index contributed by atoms with van der Waals surface area (Å²) in [5.74, 6) is -0.0781. The summed E-state index contributed by atoms with van der Waals surface area (Å²) >= 11 is 0. The van der Waals surface area contributed by atoms with Crippen molar-refractivity contribution in [3.05, 3.63) is 46.4 Å². The van der Waals surface area contributed by atoms with Gasteiger partial charge in [-0.3, -0.25) is 9.20 Å². The van der Waals surface area contributed by atoms with E-state index in [-0.39, 0.29) is 17.2 Å². The highest BCUT2D eigenvalue weighted by Gasteiger charge is 2.39. The van der Waals surface area contributed by atoms with Gasteiger partial charge in [0.15, 0.2) is 0 Å². The highest BCUT2D eigenvalue weighted by Crippen LogP contribution is 2.38. The van der Waals surface area contributed by atoms with Crippen molar-refractivity contribution < 1.29 is 14.0 Å². The number of rotatable bonds is 4. The van der Waals surface area contributed by atoms with Gasteiger partial charge in [-0.25, -0.2) is 4.79 Å². The van der Waals surface area contributed by atoms with Crippen LogP contribution in [-0.4, -0.2) is 25.3 Å². The van der Waals surface area contributed by atoms with Crippen LogP contribution in [0.1, 0.15) is 38.1 Å². The van der Waals surface area contributed by atoms with Gasteiger partial charge in [0, 0.05) is 12.3 Å². The molecule has 0 unspecified atom stereocenters. The van der Waals surface area contributed by atoms with Gasteiger partial charge in [-0.15, -0.1) is 0 Å². The van der Waals surface area contributed by atoms with E-state index in [1.165, 1.54) is 10.5 Å². The average Bonchev–Trinajstić information content (AvgIpc) is 2.49. The maximum Gasteiger partial charge on any atom is 0.343 e. The number of nitrogens with zero attached hydrogens (tertiary/aromatic N) is 1. The summed E-state index contributed by atoms with van der Waals surface area (Å²) in [4.78, 5) is 24.7. The van der Waals surface area contributed by atoms with Crippen molar-refractivity contribution in [1.82, 2.24) is 4.40 Å². The monoisotopic (exact) mass is 347 g/mol. The molecule has 0 fully saturated rings. The third-order valence-electron chi connectivity index (χ3n) is 4.50. The number of ether oxygens (including phenoxy) is 1. The Kier molecular flexibility index (Phi) is 4.89. The Labute approximate surface area is 143 Å². The lowest BCUT2D eigenvalue weighted by Gasteiger charge is -2.36. The van der Waals surface area contributed by atoms with E-state index in [0.29, 0.717) is 11.3 Å². The zero-order valence-electron chi connectivity index (χ0n) is 15.2. The van der Waals surface area contributed by atoms with Gasteiger partial charge in [0.05, 0.1) is 12.1 Å². The minimum Gasteiger partial charge on any atom is -0.542 e. The van der Waals surface area contributed by atoms with E-state index >= 15 is 0 Å². The van der Waals surface area contributed by atoms with E-state index in [1.807, 2.05) is 12.1 Å². The molecule has 0 aliphatic carbocycles. The lowest BCUT2D eigenvalue weighted by atomic mass is 10.2. The van der Waals surface area contributed by atoms with Crippen molar-refractivity contribution in [3.8, 4) is 5.75 Å². The first kappa shape index (κ1) is 18.3. The quantitative estimate of drug-likeness (QED) is 0.622. The standard InChI is InChI=1S/C18H25NO4Si/c1-7-22-17(21)13-12-15(23-24(5,6)18(2,3)4)14-10-8-9-11-19(14)16(13)20/h8-12H,7H2,1-6H3. The molecule has 2 heterocycles. The summed E-state index contributed by atoms with van der Waals surface area (Å²) in [6, 6.07) is 6.94. The van der Waals surface area contributed by atoms with Gasteiger partial charge in [-0.05, 0) is 37.2 Å². The zero-order chi connectivity index (χ0) is 18.1. The van der Waals surface area contributed by atoms with Crippen LogP contribution in [0.3, 0.4) is 0 Å². The molecule has 0 atom stereocenters. The van der Waals surface area contributed by atoms with Crippen LogP contribution in [-0.2, 0) is 4.74 Å². The van der Waals surface area contributed by atoms with Crippen LogP contribution in [0.25, 0.3) is 5.52 Å². The summed E-state index contributed by atoms with van der Waals surface area (Å²) in [5, 5.41) is -0.000995. The van der Waals surface area contributed by atoms with Gasteiger partial charge in [-0.1, -0.05) is 26.8 Å². The highest BCUT2D eigenvalue weighted by atomic mass is 28.4. The molecule has 2 aromatic heterocycles. The minimum absolute atomic E-state index is 0.000995. The molecule has 0 aliphatic heterocycles. The maximum absolute atomic E-state index is 12.6. The third kappa shape index (κ3) is 3.38. The van der Waals surface area contributed by atoms with Gasteiger partial charge in [-0.2, -0.15) is 0 Å². The molecular weight excluding hydrogens is 322 g/mol. The lowest BCUT2D eigenvalue weighted by Crippen LogP contribution is -2.44. The van der Waals surface area contributed by atoms with Gasteiger partial charge < -0.3 is 9.16 Å². The van der Waals surface area contributed by atoms with Crippen LogP contribution in [0.5, 0.6) is 5.75 Å². The predicted molar refractivity (Wildman–Crippen MR) is 97.4 cm³/mol. The Morgan fingerprint density at radius 2 is 1.92 bits per heavy atom. The number of esters is 1. The zero-order valence-corrected chi connectivity index (χ0v) is 16.2. The maximum atomic E-state index is 12.6. The van der Waals surface area contributed by atoms with Gasteiger partial charge >= 0.3 is 5.97 Å². The molecule has 0 aromatic carbocycles. The topological polar surface area (TPSA) is 57.0 Å². The summed E-state index contributed by atoms with van der Waals surface area (Å²) in [6.07, 6.45) is 1.64. The first-order valence-electron chi connectivity index (χ1n) is 8.09. The van der Waals surface area contributed by atoms with Crippen LogP contribution in [0.15, 0.2) is 35.3 Å². The largest absolute Gasteiger partial charge is 0.542 e. The summed E-state index contributed by atoms with van der Waals surface area (Å²) in [7, 11) is -2.12. The third-order valence-corrected chi connectivity index (χ3v) is 8.85.